The Morgan fingerprint density at radius 2 is 2.17 bits per heavy atom. The number of piperidine rings is 1. The van der Waals surface area contributed by atoms with Gasteiger partial charge in [-0.1, -0.05) is 12.1 Å². The number of hydrogen-bond acceptors (Lipinski definition) is 3. The minimum atomic E-state index is -3.49. The van der Waals surface area contributed by atoms with Crippen LogP contribution in [0, 0.1) is 11.7 Å². The molecule has 0 aliphatic carbocycles. The second-order valence-electron chi connectivity index (χ2n) is 4.58. The van der Waals surface area contributed by atoms with E-state index in [2.05, 4.69) is 10.0 Å². The van der Waals surface area contributed by atoms with Gasteiger partial charge in [-0.2, -0.15) is 0 Å². The van der Waals surface area contributed by atoms with Gasteiger partial charge >= 0.3 is 0 Å². The van der Waals surface area contributed by atoms with Crippen molar-refractivity contribution >= 4 is 15.7 Å². The van der Waals surface area contributed by atoms with E-state index in [4.69, 9.17) is 0 Å². The van der Waals surface area contributed by atoms with Gasteiger partial charge in [0.25, 0.3) is 0 Å². The first-order valence-corrected chi connectivity index (χ1v) is 7.68. The molecule has 4 nitrogen and oxygen atoms in total. The lowest BCUT2D eigenvalue weighted by molar-refractivity contribution is 0.404. The Bertz CT molecular complexity index is 499. The van der Waals surface area contributed by atoms with Gasteiger partial charge in [0.05, 0.1) is 11.4 Å². The summed E-state index contributed by atoms with van der Waals surface area (Å²) >= 11 is 0. The predicted molar refractivity (Wildman–Crippen MR) is 69.4 cm³/mol. The Hall–Kier alpha value is -1.14. The van der Waals surface area contributed by atoms with Gasteiger partial charge in [-0.25, -0.2) is 12.8 Å². The summed E-state index contributed by atoms with van der Waals surface area (Å²) in [6.45, 7) is 1.65. The van der Waals surface area contributed by atoms with Crippen LogP contribution >= 0.6 is 0 Å². The average molecular weight is 272 g/mol. The smallest absolute Gasteiger partial charge is 0.233 e. The quantitative estimate of drug-likeness (QED) is 0.874. The number of anilines is 1. The highest BCUT2D eigenvalue weighted by Crippen LogP contribution is 2.17. The number of para-hydroxylation sites is 1. The average Bonchev–Trinajstić information content (AvgIpc) is 2.32. The molecule has 1 aliphatic rings. The fourth-order valence-corrected chi connectivity index (χ4v) is 3.62. The molecule has 1 unspecified atom stereocenters. The van der Waals surface area contributed by atoms with Crippen molar-refractivity contribution in [1.82, 2.24) is 5.32 Å². The highest BCUT2D eigenvalue weighted by Gasteiger charge is 2.21. The molecule has 0 amide bonds. The van der Waals surface area contributed by atoms with Gasteiger partial charge < -0.3 is 5.32 Å². The second-order valence-corrected chi connectivity index (χ2v) is 6.34. The molecule has 0 radical (unpaired) electrons. The Morgan fingerprint density at radius 3 is 2.83 bits per heavy atom. The minimum Gasteiger partial charge on any atom is -0.316 e. The second kappa shape index (κ2) is 5.67. The van der Waals surface area contributed by atoms with Crippen molar-refractivity contribution in [3.63, 3.8) is 0 Å². The largest absolute Gasteiger partial charge is 0.316 e. The van der Waals surface area contributed by atoms with Crippen LogP contribution < -0.4 is 10.0 Å². The zero-order chi connectivity index (χ0) is 13.0. The fraction of sp³-hybridized carbons (Fsp3) is 0.500. The van der Waals surface area contributed by atoms with E-state index < -0.39 is 15.8 Å². The molecule has 2 rings (SSSR count). The molecule has 6 heteroatoms. The highest BCUT2D eigenvalue weighted by molar-refractivity contribution is 7.92. The van der Waals surface area contributed by atoms with Gasteiger partial charge in [0.1, 0.15) is 5.82 Å². The summed E-state index contributed by atoms with van der Waals surface area (Å²) < 4.78 is 39.5. The van der Waals surface area contributed by atoms with Crippen LogP contribution in [-0.4, -0.2) is 27.3 Å². The van der Waals surface area contributed by atoms with Crippen LogP contribution in [0.5, 0.6) is 0 Å². The molecule has 1 aromatic rings. The molecule has 1 aliphatic heterocycles. The molecule has 1 saturated heterocycles. The van der Waals surface area contributed by atoms with Crippen molar-refractivity contribution in [3.05, 3.63) is 30.1 Å². The maximum atomic E-state index is 13.4. The molecular weight excluding hydrogens is 255 g/mol. The molecule has 18 heavy (non-hydrogen) atoms. The van der Waals surface area contributed by atoms with Crippen molar-refractivity contribution < 1.29 is 12.8 Å². The topological polar surface area (TPSA) is 58.2 Å². The lowest BCUT2D eigenvalue weighted by Gasteiger charge is -2.22. The first kappa shape index (κ1) is 13.3. The summed E-state index contributed by atoms with van der Waals surface area (Å²) in [6, 6.07) is 5.79. The van der Waals surface area contributed by atoms with E-state index in [0.29, 0.717) is 6.54 Å². The molecule has 0 saturated carbocycles. The normalized spacial score (nSPS) is 20.6. The van der Waals surface area contributed by atoms with E-state index in [0.717, 1.165) is 19.4 Å². The molecule has 0 bridgehead atoms. The van der Waals surface area contributed by atoms with Crippen LogP contribution in [0.2, 0.25) is 0 Å². The Kier molecular flexibility index (Phi) is 4.19. The van der Waals surface area contributed by atoms with Crippen molar-refractivity contribution in [2.24, 2.45) is 5.92 Å². The van der Waals surface area contributed by atoms with Gasteiger partial charge in [-0.15, -0.1) is 0 Å². The van der Waals surface area contributed by atoms with Gasteiger partial charge in [-0.05, 0) is 44.0 Å². The number of halogens is 1. The van der Waals surface area contributed by atoms with Gasteiger partial charge in [0.2, 0.25) is 10.0 Å². The summed E-state index contributed by atoms with van der Waals surface area (Å²) in [5, 5.41) is 3.17. The first-order chi connectivity index (χ1) is 8.57. The van der Waals surface area contributed by atoms with Crippen molar-refractivity contribution in [2.45, 2.75) is 12.8 Å². The molecule has 1 atom stereocenters. The van der Waals surface area contributed by atoms with Crippen LogP contribution in [0.25, 0.3) is 0 Å². The fourth-order valence-electron chi connectivity index (χ4n) is 2.13. The third kappa shape index (κ3) is 3.68. The van der Waals surface area contributed by atoms with E-state index >= 15 is 0 Å². The zero-order valence-electron chi connectivity index (χ0n) is 10.0. The third-order valence-electron chi connectivity index (χ3n) is 2.99. The van der Waals surface area contributed by atoms with E-state index in [1.807, 2.05) is 0 Å². The lowest BCUT2D eigenvalue weighted by Crippen LogP contribution is -2.35. The monoisotopic (exact) mass is 272 g/mol. The van der Waals surface area contributed by atoms with Crippen molar-refractivity contribution in [2.75, 3.05) is 23.6 Å². The van der Waals surface area contributed by atoms with Gasteiger partial charge in [0.15, 0.2) is 0 Å². The van der Waals surface area contributed by atoms with E-state index in [-0.39, 0.29) is 17.4 Å². The van der Waals surface area contributed by atoms with Crippen LogP contribution in [0.1, 0.15) is 12.8 Å². The maximum absolute atomic E-state index is 13.4. The van der Waals surface area contributed by atoms with Crippen molar-refractivity contribution in [1.29, 1.82) is 0 Å². The van der Waals surface area contributed by atoms with E-state index in [1.165, 1.54) is 18.2 Å². The van der Waals surface area contributed by atoms with Crippen LogP contribution in [-0.2, 0) is 10.0 Å². The Morgan fingerprint density at radius 1 is 1.39 bits per heavy atom. The summed E-state index contributed by atoms with van der Waals surface area (Å²) in [4.78, 5) is 0. The van der Waals surface area contributed by atoms with Crippen LogP contribution in [0.4, 0.5) is 10.1 Å². The van der Waals surface area contributed by atoms with Crippen molar-refractivity contribution in [3.8, 4) is 0 Å². The number of nitrogens with one attached hydrogen (secondary N) is 2. The third-order valence-corrected chi connectivity index (χ3v) is 4.43. The number of hydrogen-bond donors (Lipinski definition) is 2. The standard InChI is InChI=1S/C12H17FN2O2S/c13-11-5-1-2-6-12(11)15-18(16,17)9-10-4-3-7-14-8-10/h1-2,5-6,10,14-15H,3-4,7-9H2. The first-order valence-electron chi connectivity index (χ1n) is 6.02. The SMILES string of the molecule is O=S(=O)(CC1CCCNC1)Nc1ccccc1F. The van der Waals surface area contributed by atoms with Gasteiger partial charge in [0, 0.05) is 0 Å². The number of benzene rings is 1. The molecular formula is C12H17FN2O2S. The molecule has 0 aromatic heterocycles. The number of sulfonamides is 1. The van der Waals surface area contributed by atoms with E-state index in [1.54, 1.807) is 6.07 Å². The van der Waals surface area contributed by atoms with Crippen LogP contribution in [0.15, 0.2) is 24.3 Å². The van der Waals surface area contributed by atoms with E-state index in [9.17, 15) is 12.8 Å². The maximum Gasteiger partial charge on any atom is 0.233 e. The summed E-state index contributed by atoms with van der Waals surface area (Å²) in [6.07, 6.45) is 1.88. The predicted octanol–water partition coefficient (Wildman–Crippen LogP) is 1.57. The molecule has 1 aromatic carbocycles. The Labute approximate surface area is 107 Å². The van der Waals surface area contributed by atoms with Crippen LogP contribution in [0.3, 0.4) is 0 Å². The minimum absolute atomic E-state index is 0.0151. The molecule has 1 fully saturated rings. The molecule has 2 N–H and O–H groups in total. The summed E-state index contributed by atoms with van der Waals surface area (Å²) in [5.74, 6) is -0.417. The molecule has 1 heterocycles. The summed E-state index contributed by atoms with van der Waals surface area (Å²) in [5.41, 5.74) is 0.0151. The number of rotatable bonds is 4. The zero-order valence-corrected chi connectivity index (χ0v) is 10.8. The highest BCUT2D eigenvalue weighted by atomic mass is 32.2. The Balaban J connectivity index is 2.01. The lowest BCUT2D eigenvalue weighted by atomic mass is 10.0. The summed E-state index contributed by atoms with van der Waals surface area (Å²) in [7, 11) is -3.49. The molecule has 100 valence electrons. The van der Waals surface area contributed by atoms with Gasteiger partial charge in [-0.3, -0.25) is 4.72 Å². The molecule has 0 spiro atoms.